The summed E-state index contributed by atoms with van der Waals surface area (Å²) in [7, 11) is 0. The number of para-hydroxylation sites is 1. The number of aromatic nitrogens is 1. The second kappa shape index (κ2) is 6.15. The summed E-state index contributed by atoms with van der Waals surface area (Å²) in [6.07, 6.45) is 0. The van der Waals surface area contributed by atoms with Crippen molar-refractivity contribution in [3.05, 3.63) is 42.1 Å². The number of amides is 1. The Balaban J connectivity index is 2.17. The number of fused-ring (bicyclic) bond motifs is 1. The van der Waals surface area contributed by atoms with Gasteiger partial charge in [0.1, 0.15) is 5.69 Å². The summed E-state index contributed by atoms with van der Waals surface area (Å²) in [5, 5.41) is 4.88. The number of nitrogens with zero attached hydrogens (tertiary/aromatic N) is 1. The van der Waals surface area contributed by atoms with Crippen molar-refractivity contribution in [2.24, 2.45) is 5.92 Å². The minimum atomic E-state index is -0.119. The van der Waals surface area contributed by atoms with Crippen LogP contribution in [0.25, 0.3) is 10.9 Å². The zero-order valence-electron chi connectivity index (χ0n) is 11.1. The Kier molecular flexibility index (Phi) is 4.53. The van der Waals surface area contributed by atoms with Crippen LogP contribution in [0.3, 0.4) is 0 Å². The molecule has 0 radical (unpaired) electrons. The van der Waals surface area contributed by atoms with Gasteiger partial charge in [-0.25, -0.2) is 4.98 Å². The summed E-state index contributed by atoms with van der Waals surface area (Å²) in [5.41, 5.74) is 1.31. The van der Waals surface area contributed by atoms with Crippen LogP contribution in [0, 0.1) is 5.92 Å². The molecular weight excluding hydrogens is 304 g/mol. The number of benzene rings is 1. The van der Waals surface area contributed by atoms with Crippen molar-refractivity contribution in [2.45, 2.75) is 19.9 Å². The molecule has 19 heavy (non-hydrogen) atoms. The van der Waals surface area contributed by atoms with Crippen LogP contribution in [0.15, 0.2) is 36.4 Å². The van der Waals surface area contributed by atoms with Crippen molar-refractivity contribution in [2.75, 3.05) is 5.33 Å². The van der Waals surface area contributed by atoms with E-state index < -0.39 is 0 Å². The van der Waals surface area contributed by atoms with Crippen LogP contribution in [0.5, 0.6) is 0 Å². The number of hydrogen-bond donors (Lipinski definition) is 1. The van der Waals surface area contributed by atoms with Gasteiger partial charge < -0.3 is 5.32 Å². The lowest BCUT2D eigenvalue weighted by Crippen LogP contribution is -2.38. The third-order valence-electron chi connectivity index (χ3n) is 3.29. The number of carbonyl (C=O) groups is 1. The van der Waals surface area contributed by atoms with Crippen molar-refractivity contribution in [1.82, 2.24) is 10.3 Å². The highest BCUT2D eigenvalue weighted by atomic mass is 79.9. The fourth-order valence-corrected chi connectivity index (χ4v) is 2.31. The van der Waals surface area contributed by atoms with E-state index in [0.29, 0.717) is 11.6 Å². The molecule has 0 bridgehead atoms. The second-order valence-electron chi connectivity index (χ2n) is 4.78. The second-order valence-corrected chi connectivity index (χ2v) is 5.43. The third kappa shape index (κ3) is 3.32. The lowest BCUT2D eigenvalue weighted by Gasteiger charge is -2.19. The first-order valence-corrected chi connectivity index (χ1v) is 7.46. The Morgan fingerprint density at radius 2 is 2.00 bits per heavy atom. The molecule has 2 rings (SSSR count). The van der Waals surface area contributed by atoms with E-state index in [9.17, 15) is 4.79 Å². The van der Waals surface area contributed by atoms with Crippen molar-refractivity contribution >= 4 is 32.7 Å². The first-order valence-electron chi connectivity index (χ1n) is 6.34. The number of alkyl halides is 1. The Hall–Kier alpha value is -1.42. The summed E-state index contributed by atoms with van der Waals surface area (Å²) in [6.45, 7) is 4.10. The smallest absolute Gasteiger partial charge is 0.270 e. The highest BCUT2D eigenvalue weighted by Crippen LogP contribution is 2.12. The van der Waals surface area contributed by atoms with Crippen molar-refractivity contribution in [1.29, 1.82) is 0 Å². The van der Waals surface area contributed by atoms with Gasteiger partial charge in [-0.2, -0.15) is 0 Å². The standard InChI is InChI=1S/C15H17BrN2O/c1-10(9-16)11(2)17-15(19)14-8-7-12-5-3-4-6-13(12)18-14/h3-8,10-11H,9H2,1-2H3,(H,17,19). The van der Waals surface area contributed by atoms with E-state index in [1.807, 2.05) is 37.3 Å². The Bertz CT molecular complexity index is 585. The molecule has 4 heteroatoms. The molecule has 2 atom stereocenters. The van der Waals surface area contributed by atoms with Crippen LogP contribution < -0.4 is 5.32 Å². The molecule has 0 aliphatic rings. The molecule has 0 aliphatic carbocycles. The molecule has 0 saturated carbocycles. The molecule has 0 saturated heterocycles. The summed E-state index contributed by atoms with van der Waals surface area (Å²) in [6, 6.07) is 11.6. The van der Waals surface area contributed by atoms with Crippen LogP contribution in [0.2, 0.25) is 0 Å². The van der Waals surface area contributed by atoms with E-state index >= 15 is 0 Å². The lowest BCUT2D eigenvalue weighted by atomic mass is 10.1. The van der Waals surface area contributed by atoms with Crippen molar-refractivity contribution in [3.63, 3.8) is 0 Å². The summed E-state index contributed by atoms with van der Waals surface area (Å²) >= 11 is 3.43. The summed E-state index contributed by atoms with van der Waals surface area (Å²) in [5.74, 6) is 0.260. The van der Waals surface area contributed by atoms with Gasteiger partial charge in [0, 0.05) is 16.8 Å². The molecule has 3 nitrogen and oxygen atoms in total. The Labute approximate surface area is 121 Å². The molecular formula is C15H17BrN2O. The van der Waals surface area contributed by atoms with Gasteiger partial charge in [0.25, 0.3) is 5.91 Å². The van der Waals surface area contributed by atoms with E-state index in [-0.39, 0.29) is 11.9 Å². The van der Waals surface area contributed by atoms with Gasteiger partial charge in [-0.3, -0.25) is 4.79 Å². The highest BCUT2D eigenvalue weighted by Gasteiger charge is 2.15. The average molecular weight is 321 g/mol. The summed E-state index contributed by atoms with van der Waals surface area (Å²) < 4.78 is 0. The lowest BCUT2D eigenvalue weighted by molar-refractivity contribution is 0.0926. The van der Waals surface area contributed by atoms with E-state index in [1.165, 1.54) is 0 Å². The molecule has 1 amide bonds. The van der Waals surface area contributed by atoms with Gasteiger partial charge >= 0.3 is 0 Å². The number of pyridine rings is 1. The minimum Gasteiger partial charge on any atom is -0.348 e. The molecule has 1 aromatic carbocycles. The third-order valence-corrected chi connectivity index (χ3v) is 4.31. The maximum atomic E-state index is 12.1. The van der Waals surface area contributed by atoms with Gasteiger partial charge in [-0.1, -0.05) is 47.1 Å². The van der Waals surface area contributed by atoms with Crippen LogP contribution in [-0.2, 0) is 0 Å². The minimum absolute atomic E-state index is 0.111. The molecule has 0 aliphatic heterocycles. The highest BCUT2D eigenvalue weighted by molar-refractivity contribution is 9.09. The van der Waals surface area contributed by atoms with Crippen LogP contribution in [0.1, 0.15) is 24.3 Å². The zero-order chi connectivity index (χ0) is 13.8. The number of nitrogens with one attached hydrogen (secondary N) is 1. The van der Waals surface area contributed by atoms with Gasteiger partial charge in [-0.15, -0.1) is 0 Å². The van der Waals surface area contributed by atoms with Gasteiger partial charge in [0.05, 0.1) is 5.52 Å². The maximum absolute atomic E-state index is 12.1. The van der Waals surface area contributed by atoms with E-state index in [1.54, 1.807) is 6.07 Å². The monoisotopic (exact) mass is 320 g/mol. The Morgan fingerprint density at radius 3 is 2.74 bits per heavy atom. The quantitative estimate of drug-likeness (QED) is 0.877. The number of rotatable bonds is 4. The number of hydrogen-bond acceptors (Lipinski definition) is 2. The predicted molar refractivity (Wildman–Crippen MR) is 81.6 cm³/mol. The molecule has 2 unspecified atom stereocenters. The van der Waals surface area contributed by atoms with Crippen LogP contribution >= 0.6 is 15.9 Å². The average Bonchev–Trinajstić information content (AvgIpc) is 2.45. The zero-order valence-corrected chi connectivity index (χ0v) is 12.6. The molecule has 100 valence electrons. The van der Waals surface area contributed by atoms with Crippen LogP contribution in [-0.4, -0.2) is 22.3 Å². The summed E-state index contributed by atoms with van der Waals surface area (Å²) in [4.78, 5) is 16.5. The molecule has 2 aromatic rings. The maximum Gasteiger partial charge on any atom is 0.270 e. The fourth-order valence-electron chi connectivity index (χ4n) is 1.75. The topological polar surface area (TPSA) is 42.0 Å². The molecule has 0 fully saturated rings. The number of halogens is 1. The van der Waals surface area contributed by atoms with Gasteiger partial charge in [0.2, 0.25) is 0 Å². The SMILES string of the molecule is CC(CBr)C(C)NC(=O)c1ccc2ccccc2n1. The molecule has 0 spiro atoms. The Morgan fingerprint density at radius 1 is 1.26 bits per heavy atom. The van der Waals surface area contributed by atoms with E-state index in [4.69, 9.17) is 0 Å². The van der Waals surface area contributed by atoms with Crippen LogP contribution in [0.4, 0.5) is 0 Å². The van der Waals surface area contributed by atoms with Crippen molar-refractivity contribution in [3.8, 4) is 0 Å². The van der Waals surface area contributed by atoms with E-state index in [2.05, 4.69) is 33.2 Å². The van der Waals surface area contributed by atoms with Crippen molar-refractivity contribution < 1.29 is 4.79 Å². The molecule has 1 heterocycles. The van der Waals surface area contributed by atoms with Gasteiger partial charge in [0.15, 0.2) is 0 Å². The first-order chi connectivity index (χ1) is 9.11. The molecule has 1 aromatic heterocycles. The van der Waals surface area contributed by atoms with Gasteiger partial charge in [-0.05, 0) is 25.0 Å². The first kappa shape index (κ1) is 14.0. The predicted octanol–water partition coefficient (Wildman–Crippen LogP) is 3.38. The largest absolute Gasteiger partial charge is 0.348 e. The fraction of sp³-hybridized carbons (Fsp3) is 0.333. The normalized spacial score (nSPS) is 14.1. The van der Waals surface area contributed by atoms with E-state index in [0.717, 1.165) is 16.2 Å². The molecule has 1 N–H and O–H groups in total. The number of carbonyl (C=O) groups excluding carboxylic acids is 1.